The summed E-state index contributed by atoms with van der Waals surface area (Å²) in [5.74, 6) is 1.17. The van der Waals surface area contributed by atoms with Gasteiger partial charge in [-0.25, -0.2) is 4.39 Å². The van der Waals surface area contributed by atoms with Gasteiger partial charge in [-0.05, 0) is 50.3 Å². The molecule has 19 heavy (non-hydrogen) atoms. The molecule has 3 atom stereocenters. The molecule has 3 heteroatoms. The Labute approximate surface area is 115 Å². The number of halogens is 1. The first-order chi connectivity index (χ1) is 9.04. The van der Waals surface area contributed by atoms with Gasteiger partial charge in [-0.2, -0.15) is 0 Å². The van der Waals surface area contributed by atoms with Gasteiger partial charge < -0.3 is 10.6 Å². The van der Waals surface area contributed by atoms with Gasteiger partial charge in [0.2, 0.25) is 0 Å². The van der Waals surface area contributed by atoms with Gasteiger partial charge in [-0.15, -0.1) is 0 Å². The molecule has 0 bridgehead atoms. The average molecular weight is 264 g/mol. The van der Waals surface area contributed by atoms with Gasteiger partial charge in [0.05, 0.1) is 0 Å². The van der Waals surface area contributed by atoms with Crippen LogP contribution >= 0.6 is 0 Å². The highest BCUT2D eigenvalue weighted by Gasteiger charge is 2.30. The number of piperidine rings is 1. The lowest BCUT2D eigenvalue weighted by Crippen LogP contribution is -2.46. The molecule has 1 aliphatic rings. The number of hydrogen-bond acceptors (Lipinski definition) is 2. The normalized spacial score (nSPS) is 27.6. The molecule has 0 spiro atoms. The summed E-state index contributed by atoms with van der Waals surface area (Å²) < 4.78 is 14.0. The van der Waals surface area contributed by atoms with Crippen molar-refractivity contribution in [2.75, 3.05) is 18.0 Å². The van der Waals surface area contributed by atoms with Crippen LogP contribution in [0.25, 0.3) is 0 Å². The Morgan fingerprint density at radius 1 is 1.32 bits per heavy atom. The van der Waals surface area contributed by atoms with Crippen LogP contribution in [-0.4, -0.2) is 19.1 Å². The van der Waals surface area contributed by atoms with Crippen LogP contribution in [0.3, 0.4) is 0 Å². The second-order valence-electron chi connectivity index (χ2n) is 5.99. The first-order valence-corrected chi connectivity index (χ1v) is 7.28. The SMILES string of the molecule is CC1CC(C)C(C)N(c2cccc(F)c2CCN)C1. The van der Waals surface area contributed by atoms with E-state index < -0.39 is 0 Å². The molecule has 2 rings (SSSR count). The molecule has 0 saturated carbocycles. The van der Waals surface area contributed by atoms with Gasteiger partial charge in [0, 0.05) is 23.8 Å². The topological polar surface area (TPSA) is 29.3 Å². The van der Waals surface area contributed by atoms with E-state index in [-0.39, 0.29) is 5.82 Å². The summed E-state index contributed by atoms with van der Waals surface area (Å²) in [6, 6.07) is 5.83. The van der Waals surface area contributed by atoms with Crippen LogP contribution in [0.4, 0.5) is 10.1 Å². The molecule has 1 aliphatic heterocycles. The lowest BCUT2D eigenvalue weighted by molar-refractivity contribution is 0.296. The summed E-state index contributed by atoms with van der Waals surface area (Å²) in [6.07, 6.45) is 1.85. The molecule has 0 radical (unpaired) electrons. The lowest BCUT2D eigenvalue weighted by atomic mass is 9.85. The summed E-state index contributed by atoms with van der Waals surface area (Å²) in [5.41, 5.74) is 7.45. The fourth-order valence-electron chi connectivity index (χ4n) is 3.24. The minimum absolute atomic E-state index is 0.124. The summed E-state index contributed by atoms with van der Waals surface area (Å²) in [7, 11) is 0. The number of hydrogen-bond donors (Lipinski definition) is 1. The number of anilines is 1. The van der Waals surface area contributed by atoms with Crippen molar-refractivity contribution in [1.29, 1.82) is 0 Å². The van der Waals surface area contributed by atoms with E-state index in [0.717, 1.165) is 17.8 Å². The molecule has 1 saturated heterocycles. The van der Waals surface area contributed by atoms with Gasteiger partial charge >= 0.3 is 0 Å². The molecule has 1 aromatic carbocycles. The van der Waals surface area contributed by atoms with Crippen LogP contribution in [0.2, 0.25) is 0 Å². The summed E-state index contributed by atoms with van der Waals surface area (Å²) in [5, 5.41) is 0. The van der Waals surface area contributed by atoms with Crippen LogP contribution in [0, 0.1) is 17.7 Å². The van der Waals surface area contributed by atoms with Gasteiger partial charge in [-0.1, -0.05) is 19.9 Å². The molecule has 0 aromatic heterocycles. The third kappa shape index (κ3) is 2.92. The molecule has 0 aliphatic carbocycles. The van der Waals surface area contributed by atoms with Crippen LogP contribution in [0.15, 0.2) is 18.2 Å². The summed E-state index contributed by atoms with van der Waals surface area (Å²) in [4.78, 5) is 2.37. The standard InChI is InChI=1S/C16H25FN2/c1-11-9-12(2)13(3)19(10-11)16-6-4-5-15(17)14(16)7-8-18/h4-6,11-13H,7-10,18H2,1-3H3. The minimum Gasteiger partial charge on any atom is -0.368 e. The number of nitrogens with zero attached hydrogens (tertiary/aromatic N) is 1. The summed E-state index contributed by atoms with van der Waals surface area (Å²) >= 11 is 0. The van der Waals surface area contributed by atoms with Crippen molar-refractivity contribution in [2.45, 2.75) is 39.7 Å². The van der Waals surface area contributed by atoms with Crippen molar-refractivity contribution < 1.29 is 4.39 Å². The molecule has 1 heterocycles. The van der Waals surface area contributed by atoms with Crippen LogP contribution in [-0.2, 0) is 6.42 Å². The second-order valence-corrected chi connectivity index (χ2v) is 5.99. The number of rotatable bonds is 3. The van der Waals surface area contributed by atoms with Crippen molar-refractivity contribution in [3.8, 4) is 0 Å². The predicted octanol–water partition coefficient (Wildman–Crippen LogP) is 3.20. The zero-order valence-electron chi connectivity index (χ0n) is 12.2. The van der Waals surface area contributed by atoms with Crippen molar-refractivity contribution in [1.82, 2.24) is 0 Å². The van der Waals surface area contributed by atoms with Crippen molar-refractivity contribution in [2.24, 2.45) is 17.6 Å². The Hall–Kier alpha value is -1.09. The highest BCUT2D eigenvalue weighted by Crippen LogP contribution is 2.34. The van der Waals surface area contributed by atoms with Crippen LogP contribution < -0.4 is 10.6 Å². The highest BCUT2D eigenvalue weighted by atomic mass is 19.1. The second kappa shape index (κ2) is 5.91. The average Bonchev–Trinajstić information content (AvgIpc) is 2.36. The third-order valence-electron chi connectivity index (χ3n) is 4.40. The first-order valence-electron chi connectivity index (χ1n) is 7.28. The van der Waals surface area contributed by atoms with E-state index in [0.29, 0.717) is 30.8 Å². The lowest BCUT2D eigenvalue weighted by Gasteiger charge is -2.43. The monoisotopic (exact) mass is 264 g/mol. The first kappa shape index (κ1) is 14.3. The van der Waals surface area contributed by atoms with E-state index in [9.17, 15) is 4.39 Å². The molecule has 106 valence electrons. The Balaban J connectivity index is 2.37. The molecule has 3 unspecified atom stereocenters. The summed E-state index contributed by atoms with van der Waals surface area (Å²) in [6.45, 7) is 8.30. The predicted molar refractivity (Wildman–Crippen MR) is 78.9 cm³/mol. The smallest absolute Gasteiger partial charge is 0.128 e. The van der Waals surface area contributed by atoms with Gasteiger partial charge in [0.25, 0.3) is 0 Å². The van der Waals surface area contributed by atoms with Crippen molar-refractivity contribution in [3.05, 3.63) is 29.6 Å². The number of benzene rings is 1. The fourth-order valence-corrected chi connectivity index (χ4v) is 3.24. The van der Waals surface area contributed by atoms with E-state index in [4.69, 9.17) is 5.73 Å². The minimum atomic E-state index is -0.124. The largest absolute Gasteiger partial charge is 0.368 e. The number of nitrogens with two attached hydrogens (primary N) is 1. The Kier molecular flexibility index (Phi) is 4.46. The molecular formula is C16H25FN2. The van der Waals surface area contributed by atoms with Crippen LogP contribution in [0.1, 0.15) is 32.8 Å². The van der Waals surface area contributed by atoms with Crippen molar-refractivity contribution >= 4 is 5.69 Å². The third-order valence-corrected chi connectivity index (χ3v) is 4.40. The molecule has 2 nitrogen and oxygen atoms in total. The van der Waals surface area contributed by atoms with Crippen molar-refractivity contribution in [3.63, 3.8) is 0 Å². The van der Waals surface area contributed by atoms with Gasteiger partial charge in [0.15, 0.2) is 0 Å². The fraction of sp³-hybridized carbons (Fsp3) is 0.625. The Morgan fingerprint density at radius 2 is 2.05 bits per heavy atom. The zero-order chi connectivity index (χ0) is 14.0. The maximum absolute atomic E-state index is 14.0. The van der Waals surface area contributed by atoms with E-state index in [1.54, 1.807) is 6.07 Å². The van der Waals surface area contributed by atoms with E-state index in [1.165, 1.54) is 12.5 Å². The van der Waals surface area contributed by atoms with Gasteiger partial charge in [0.1, 0.15) is 5.82 Å². The maximum atomic E-state index is 14.0. The molecule has 0 amide bonds. The van der Waals surface area contributed by atoms with Crippen LogP contribution in [0.5, 0.6) is 0 Å². The molecule has 1 aromatic rings. The highest BCUT2D eigenvalue weighted by molar-refractivity contribution is 5.55. The van der Waals surface area contributed by atoms with E-state index in [1.807, 2.05) is 6.07 Å². The van der Waals surface area contributed by atoms with Gasteiger partial charge in [-0.3, -0.25) is 0 Å². The maximum Gasteiger partial charge on any atom is 0.128 e. The molecular weight excluding hydrogens is 239 g/mol. The zero-order valence-corrected chi connectivity index (χ0v) is 12.2. The Morgan fingerprint density at radius 3 is 2.74 bits per heavy atom. The molecule has 2 N–H and O–H groups in total. The van der Waals surface area contributed by atoms with E-state index in [2.05, 4.69) is 25.7 Å². The Bertz CT molecular complexity index is 433. The van der Waals surface area contributed by atoms with E-state index >= 15 is 0 Å². The molecule has 1 fully saturated rings. The quantitative estimate of drug-likeness (QED) is 0.908.